The van der Waals surface area contributed by atoms with Gasteiger partial charge in [0.25, 0.3) is 0 Å². The van der Waals surface area contributed by atoms with Gasteiger partial charge in [-0.1, -0.05) is 6.92 Å². The van der Waals surface area contributed by atoms with Crippen LogP contribution in [0.15, 0.2) is 0 Å². The van der Waals surface area contributed by atoms with Crippen molar-refractivity contribution < 1.29 is 19.1 Å². The molecule has 2 N–H and O–H groups in total. The van der Waals surface area contributed by atoms with Crippen LogP contribution < -0.4 is 5.73 Å². The van der Waals surface area contributed by atoms with Crippen molar-refractivity contribution in [3.05, 3.63) is 0 Å². The quantitative estimate of drug-likeness (QED) is 0.713. The fourth-order valence-electron chi connectivity index (χ4n) is 4.96. The first-order valence-electron chi connectivity index (χ1n) is 9.01. The number of halogens is 1. The van der Waals surface area contributed by atoms with Crippen molar-refractivity contribution in [1.82, 2.24) is 9.80 Å². The van der Waals surface area contributed by atoms with E-state index in [1.807, 2.05) is 0 Å². The van der Waals surface area contributed by atoms with Crippen molar-refractivity contribution >= 4 is 30.1 Å². The Labute approximate surface area is 153 Å². The Bertz CT molecular complexity index is 558. The number of ether oxygens (including phenoxy) is 1. The summed E-state index contributed by atoms with van der Waals surface area (Å²) >= 11 is 0. The summed E-state index contributed by atoms with van der Waals surface area (Å²) in [7, 11) is 0. The molecule has 4 rings (SSSR count). The van der Waals surface area contributed by atoms with Crippen LogP contribution in [0.5, 0.6) is 0 Å². The fraction of sp³-hybridized carbons (Fsp3) is 0.824. The van der Waals surface area contributed by atoms with E-state index < -0.39 is 0 Å². The summed E-state index contributed by atoms with van der Waals surface area (Å²) in [5.74, 6) is -0.788. The smallest absolute Gasteiger partial charge is 0.243 e. The maximum Gasteiger partial charge on any atom is 0.243 e. The van der Waals surface area contributed by atoms with Gasteiger partial charge in [-0.3, -0.25) is 19.3 Å². The number of nitrogens with zero attached hydrogens (tertiary/aromatic N) is 2. The third-order valence-corrected chi connectivity index (χ3v) is 6.24. The summed E-state index contributed by atoms with van der Waals surface area (Å²) in [6.45, 7) is 3.09. The standard InChI is InChI=1S/C17H25N3O4.ClH/c1-9-4-5-19(10(6-9)7-18)13(21)8-20-16(22)14-11-2-3-12(24-11)15(14)17(20)23;/h9-12,14-15H,2-8,18H2,1H3;1H. The normalized spacial score (nSPS) is 39.6. The number of piperidine rings is 1. The van der Waals surface area contributed by atoms with Crippen molar-refractivity contribution in [3.8, 4) is 0 Å². The third-order valence-electron chi connectivity index (χ3n) is 6.24. The Morgan fingerprint density at radius 1 is 1.16 bits per heavy atom. The lowest BCUT2D eigenvalue weighted by molar-refractivity contribution is -0.150. The highest BCUT2D eigenvalue weighted by molar-refractivity contribution is 6.08. The summed E-state index contributed by atoms with van der Waals surface area (Å²) in [5.41, 5.74) is 5.82. The Morgan fingerprint density at radius 2 is 1.76 bits per heavy atom. The van der Waals surface area contributed by atoms with Crippen LogP contribution in [0.25, 0.3) is 0 Å². The number of carbonyl (C=O) groups is 3. The first-order valence-corrected chi connectivity index (χ1v) is 9.01. The highest BCUT2D eigenvalue weighted by atomic mass is 35.5. The Hall–Kier alpha value is -1.18. The lowest BCUT2D eigenvalue weighted by atomic mass is 9.81. The highest BCUT2D eigenvalue weighted by Crippen LogP contribution is 2.48. The second kappa shape index (κ2) is 6.85. The van der Waals surface area contributed by atoms with Gasteiger partial charge in [-0.25, -0.2) is 0 Å². The van der Waals surface area contributed by atoms with Crippen LogP contribution in [0.3, 0.4) is 0 Å². The molecule has 0 aromatic carbocycles. The predicted molar refractivity (Wildman–Crippen MR) is 91.8 cm³/mol. The summed E-state index contributed by atoms with van der Waals surface area (Å²) in [4.78, 5) is 40.9. The number of hydrogen-bond donors (Lipinski definition) is 1. The lowest BCUT2D eigenvalue weighted by Crippen LogP contribution is -2.53. The minimum atomic E-state index is -0.365. The number of amides is 3. The highest BCUT2D eigenvalue weighted by Gasteiger charge is 2.62. The number of rotatable bonds is 3. The van der Waals surface area contributed by atoms with Crippen LogP contribution in [0.1, 0.15) is 32.6 Å². The van der Waals surface area contributed by atoms with Gasteiger partial charge in [-0.05, 0) is 31.6 Å². The van der Waals surface area contributed by atoms with E-state index >= 15 is 0 Å². The van der Waals surface area contributed by atoms with Gasteiger partial charge in [0.2, 0.25) is 17.7 Å². The number of nitrogens with two attached hydrogens (primary N) is 1. The molecule has 0 saturated carbocycles. The van der Waals surface area contributed by atoms with Gasteiger partial charge in [-0.15, -0.1) is 12.4 Å². The summed E-state index contributed by atoms with van der Waals surface area (Å²) in [6.07, 6.45) is 3.23. The zero-order valence-corrected chi connectivity index (χ0v) is 15.2. The Balaban J connectivity index is 0.00000182. The predicted octanol–water partition coefficient (Wildman–Crippen LogP) is 0.156. The van der Waals surface area contributed by atoms with Crippen molar-refractivity contribution in [2.75, 3.05) is 19.6 Å². The molecule has 4 heterocycles. The van der Waals surface area contributed by atoms with Crippen LogP contribution in [0, 0.1) is 17.8 Å². The van der Waals surface area contributed by atoms with E-state index in [9.17, 15) is 14.4 Å². The van der Waals surface area contributed by atoms with Gasteiger partial charge in [-0.2, -0.15) is 0 Å². The van der Waals surface area contributed by atoms with Crippen molar-refractivity contribution in [3.63, 3.8) is 0 Å². The molecule has 4 aliphatic heterocycles. The fourth-order valence-corrected chi connectivity index (χ4v) is 4.96. The number of likely N-dealkylation sites (tertiary alicyclic amines) is 2. The zero-order valence-electron chi connectivity index (χ0n) is 14.4. The molecule has 0 aromatic rings. The molecule has 7 nitrogen and oxygen atoms in total. The van der Waals surface area contributed by atoms with Crippen molar-refractivity contribution in [2.45, 2.75) is 50.9 Å². The third kappa shape index (κ3) is 2.86. The van der Waals surface area contributed by atoms with Gasteiger partial charge < -0.3 is 15.4 Å². The molecule has 4 saturated heterocycles. The summed E-state index contributed by atoms with van der Waals surface area (Å²) in [6, 6.07) is 0.00747. The molecule has 4 aliphatic rings. The van der Waals surface area contributed by atoms with E-state index in [1.54, 1.807) is 4.90 Å². The Kier molecular flexibility index (Phi) is 5.10. The zero-order chi connectivity index (χ0) is 17.0. The van der Waals surface area contributed by atoms with Gasteiger partial charge >= 0.3 is 0 Å². The second-order valence-corrected chi connectivity index (χ2v) is 7.71. The van der Waals surface area contributed by atoms with Gasteiger partial charge in [0.05, 0.1) is 24.0 Å². The maximum absolute atomic E-state index is 12.7. The summed E-state index contributed by atoms with van der Waals surface area (Å²) in [5, 5.41) is 0. The molecule has 0 spiro atoms. The molecule has 6 atom stereocenters. The molecule has 4 fully saturated rings. The number of imide groups is 1. The monoisotopic (exact) mass is 371 g/mol. The van der Waals surface area contributed by atoms with Crippen LogP contribution in [-0.4, -0.2) is 65.4 Å². The molecule has 25 heavy (non-hydrogen) atoms. The molecular weight excluding hydrogens is 346 g/mol. The molecule has 0 radical (unpaired) electrons. The SMILES string of the molecule is CC1CCN(C(=O)CN2C(=O)C3C4CCC(O4)C3C2=O)C(CN)C1.Cl. The van der Waals surface area contributed by atoms with E-state index in [0.29, 0.717) is 19.0 Å². The molecule has 0 aromatic heterocycles. The number of carbonyl (C=O) groups excluding carboxylic acids is 3. The molecule has 8 heteroatoms. The summed E-state index contributed by atoms with van der Waals surface area (Å²) < 4.78 is 5.72. The number of fused-ring (bicyclic) bond motifs is 5. The van der Waals surface area contributed by atoms with Crippen LogP contribution in [-0.2, 0) is 19.1 Å². The molecule has 0 aliphatic carbocycles. The molecular formula is C17H26ClN3O4. The largest absolute Gasteiger partial charge is 0.373 e. The second-order valence-electron chi connectivity index (χ2n) is 7.71. The molecule has 3 amide bonds. The minimum Gasteiger partial charge on any atom is -0.373 e. The van der Waals surface area contributed by atoms with E-state index in [2.05, 4.69) is 6.92 Å². The van der Waals surface area contributed by atoms with Crippen LogP contribution in [0.4, 0.5) is 0 Å². The van der Waals surface area contributed by atoms with E-state index in [-0.39, 0.29) is 66.8 Å². The first-order chi connectivity index (χ1) is 11.5. The van der Waals surface area contributed by atoms with Crippen molar-refractivity contribution in [2.24, 2.45) is 23.5 Å². The van der Waals surface area contributed by atoms with Crippen molar-refractivity contribution in [1.29, 1.82) is 0 Å². The van der Waals surface area contributed by atoms with Gasteiger partial charge in [0.15, 0.2) is 0 Å². The Morgan fingerprint density at radius 3 is 2.32 bits per heavy atom. The lowest BCUT2D eigenvalue weighted by Gasteiger charge is -2.38. The van der Waals surface area contributed by atoms with E-state index in [4.69, 9.17) is 10.5 Å². The topological polar surface area (TPSA) is 92.9 Å². The molecule has 140 valence electrons. The average Bonchev–Trinajstić information content (AvgIpc) is 3.24. The van der Waals surface area contributed by atoms with E-state index in [1.165, 1.54) is 4.90 Å². The maximum atomic E-state index is 12.7. The van der Waals surface area contributed by atoms with Crippen LogP contribution >= 0.6 is 12.4 Å². The minimum absolute atomic E-state index is 0. The number of hydrogen-bond acceptors (Lipinski definition) is 5. The van der Waals surface area contributed by atoms with E-state index in [0.717, 1.165) is 25.7 Å². The van der Waals surface area contributed by atoms with Gasteiger partial charge in [0, 0.05) is 19.1 Å². The first kappa shape index (κ1) is 18.6. The molecule has 6 unspecified atom stereocenters. The van der Waals surface area contributed by atoms with Crippen LogP contribution in [0.2, 0.25) is 0 Å². The molecule has 2 bridgehead atoms. The average molecular weight is 372 g/mol. The van der Waals surface area contributed by atoms with Gasteiger partial charge in [0.1, 0.15) is 6.54 Å².